The molecule has 0 aliphatic heterocycles. The van der Waals surface area contributed by atoms with Crippen molar-refractivity contribution in [2.75, 3.05) is 31.7 Å². The van der Waals surface area contributed by atoms with Gasteiger partial charge in [0, 0.05) is 13.2 Å². The molecule has 2 aromatic rings. The molecule has 0 bridgehead atoms. The molecule has 0 unspecified atom stereocenters. The molecule has 4 heteroatoms. The van der Waals surface area contributed by atoms with Gasteiger partial charge in [-0.25, -0.2) is 0 Å². The minimum absolute atomic E-state index is 0.528. The molecule has 25 heavy (non-hydrogen) atoms. The lowest BCUT2D eigenvalue weighted by Gasteiger charge is -2.14. The zero-order chi connectivity index (χ0) is 17.9. The third-order valence-electron chi connectivity index (χ3n) is 3.57. The topological polar surface area (TPSA) is 39.7 Å². The van der Waals surface area contributed by atoms with E-state index in [0.29, 0.717) is 25.7 Å². The van der Waals surface area contributed by atoms with E-state index in [9.17, 15) is 0 Å². The maximum absolute atomic E-state index is 5.79. The zero-order valence-corrected chi connectivity index (χ0v) is 15.5. The van der Waals surface area contributed by atoms with Gasteiger partial charge >= 0.3 is 0 Å². The van der Waals surface area contributed by atoms with E-state index >= 15 is 0 Å². The molecule has 4 nitrogen and oxygen atoms in total. The zero-order valence-electron chi connectivity index (χ0n) is 15.5. The summed E-state index contributed by atoms with van der Waals surface area (Å²) in [5.74, 6) is 2.29. The summed E-state index contributed by atoms with van der Waals surface area (Å²) in [6, 6.07) is 16.2. The second kappa shape index (κ2) is 10.6. The molecule has 0 fully saturated rings. The Labute approximate surface area is 151 Å². The first-order valence-corrected chi connectivity index (χ1v) is 8.94. The largest absolute Gasteiger partial charge is 0.493 e. The molecule has 2 aromatic carbocycles. The van der Waals surface area contributed by atoms with Gasteiger partial charge in [0.1, 0.15) is 18.1 Å². The molecule has 0 saturated carbocycles. The van der Waals surface area contributed by atoms with Gasteiger partial charge in [0.05, 0.1) is 18.9 Å². The monoisotopic (exact) mass is 343 g/mol. The fourth-order valence-corrected chi connectivity index (χ4v) is 2.26. The molecule has 0 radical (unpaired) electrons. The Bertz CT molecular complexity index is 611. The van der Waals surface area contributed by atoms with Crippen LogP contribution in [0.25, 0.3) is 0 Å². The summed E-state index contributed by atoms with van der Waals surface area (Å²) in [5, 5.41) is 3.43. The lowest BCUT2D eigenvalue weighted by atomic mass is 10.2. The maximum Gasteiger partial charge on any atom is 0.142 e. The molecule has 0 aliphatic carbocycles. The van der Waals surface area contributed by atoms with Crippen LogP contribution in [0.5, 0.6) is 11.5 Å². The van der Waals surface area contributed by atoms with Gasteiger partial charge in [-0.3, -0.25) is 0 Å². The van der Waals surface area contributed by atoms with Crippen LogP contribution in [-0.2, 0) is 11.3 Å². The maximum atomic E-state index is 5.79. The van der Waals surface area contributed by atoms with E-state index < -0.39 is 0 Å². The van der Waals surface area contributed by atoms with Crippen molar-refractivity contribution in [1.29, 1.82) is 0 Å². The summed E-state index contributed by atoms with van der Waals surface area (Å²) < 4.78 is 16.8. The van der Waals surface area contributed by atoms with E-state index in [0.717, 1.165) is 30.3 Å². The molecule has 0 aliphatic rings. The van der Waals surface area contributed by atoms with E-state index in [1.54, 1.807) is 0 Å². The summed E-state index contributed by atoms with van der Waals surface area (Å²) >= 11 is 0. The Morgan fingerprint density at radius 1 is 0.920 bits per heavy atom. The Morgan fingerprint density at radius 3 is 2.40 bits per heavy atom. The predicted molar refractivity (Wildman–Crippen MR) is 103 cm³/mol. The van der Waals surface area contributed by atoms with Gasteiger partial charge in [-0.05, 0) is 42.7 Å². The molecule has 1 N–H and O–H groups in total. The molecular weight excluding hydrogens is 314 g/mol. The van der Waals surface area contributed by atoms with Crippen molar-refractivity contribution in [3.8, 4) is 11.5 Å². The van der Waals surface area contributed by atoms with Crippen LogP contribution in [0.4, 0.5) is 5.69 Å². The number of hydrogen-bond donors (Lipinski definition) is 1. The highest BCUT2D eigenvalue weighted by Gasteiger charge is 2.03. The van der Waals surface area contributed by atoms with Crippen molar-refractivity contribution in [3.63, 3.8) is 0 Å². The SMILES string of the molecule is CCOCCOc1ccccc1NCc1ccc(OCC(C)C)cc1. The number of rotatable bonds is 11. The summed E-state index contributed by atoms with van der Waals surface area (Å²) in [7, 11) is 0. The number of benzene rings is 2. The van der Waals surface area contributed by atoms with Gasteiger partial charge in [0.25, 0.3) is 0 Å². The Balaban J connectivity index is 1.86. The second-order valence-electron chi connectivity index (χ2n) is 6.24. The summed E-state index contributed by atoms with van der Waals surface area (Å²) in [6.07, 6.45) is 0. The Hall–Kier alpha value is -2.20. The minimum Gasteiger partial charge on any atom is -0.493 e. The van der Waals surface area contributed by atoms with E-state index in [4.69, 9.17) is 14.2 Å². The number of para-hydroxylation sites is 2. The first-order chi connectivity index (χ1) is 12.2. The fourth-order valence-electron chi connectivity index (χ4n) is 2.26. The van der Waals surface area contributed by atoms with Gasteiger partial charge in [0.15, 0.2) is 0 Å². The fraction of sp³-hybridized carbons (Fsp3) is 0.429. The molecule has 0 aromatic heterocycles. The average molecular weight is 343 g/mol. The first kappa shape index (κ1) is 19.1. The van der Waals surface area contributed by atoms with Crippen LogP contribution >= 0.6 is 0 Å². The van der Waals surface area contributed by atoms with E-state index in [-0.39, 0.29) is 0 Å². The molecule has 0 saturated heterocycles. The number of anilines is 1. The quantitative estimate of drug-likeness (QED) is 0.598. The third-order valence-corrected chi connectivity index (χ3v) is 3.57. The highest BCUT2D eigenvalue weighted by Crippen LogP contribution is 2.24. The predicted octanol–water partition coefficient (Wildman–Crippen LogP) is 4.75. The van der Waals surface area contributed by atoms with Crippen molar-refractivity contribution < 1.29 is 14.2 Å². The highest BCUT2D eigenvalue weighted by atomic mass is 16.5. The van der Waals surface area contributed by atoms with Crippen LogP contribution in [0.15, 0.2) is 48.5 Å². The molecule has 2 rings (SSSR count). The molecule has 0 amide bonds. The Kier molecular flexibility index (Phi) is 8.13. The molecule has 136 valence electrons. The van der Waals surface area contributed by atoms with Crippen LogP contribution in [0.2, 0.25) is 0 Å². The smallest absolute Gasteiger partial charge is 0.142 e. The number of hydrogen-bond acceptors (Lipinski definition) is 4. The Morgan fingerprint density at radius 2 is 1.68 bits per heavy atom. The lowest BCUT2D eigenvalue weighted by Crippen LogP contribution is -2.08. The van der Waals surface area contributed by atoms with E-state index in [1.807, 2.05) is 43.3 Å². The van der Waals surface area contributed by atoms with Gasteiger partial charge < -0.3 is 19.5 Å². The molecule has 0 atom stereocenters. The minimum atomic E-state index is 0.528. The van der Waals surface area contributed by atoms with Crippen LogP contribution in [-0.4, -0.2) is 26.4 Å². The van der Waals surface area contributed by atoms with Crippen LogP contribution < -0.4 is 14.8 Å². The molecular formula is C21H29NO3. The van der Waals surface area contributed by atoms with Crippen LogP contribution in [0.1, 0.15) is 26.3 Å². The van der Waals surface area contributed by atoms with Crippen molar-refractivity contribution in [2.45, 2.75) is 27.3 Å². The van der Waals surface area contributed by atoms with Crippen molar-refractivity contribution in [2.24, 2.45) is 5.92 Å². The van der Waals surface area contributed by atoms with Crippen molar-refractivity contribution in [3.05, 3.63) is 54.1 Å². The van der Waals surface area contributed by atoms with Gasteiger partial charge in [-0.1, -0.05) is 38.1 Å². The third kappa shape index (κ3) is 7.06. The van der Waals surface area contributed by atoms with Gasteiger partial charge in [-0.15, -0.1) is 0 Å². The van der Waals surface area contributed by atoms with Crippen LogP contribution in [0, 0.1) is 5.92 Å². The summed E-state index contributed by atoms with van der Waals surface area (Å²) in [5.41, 5.74) is 2.18. The normalized spacial score (nSPS) is 10.7. The van der Waals surface area contributed by atoms with Gasteiger partial charge in [0.2, 0.25) is 0 Å². The van der Waals surface area contributed by atoms with E-state index in [2.05, 4.69) is 31.3 Å². The summed E-state index contributed by atoms with van der Waals surface area (Å²) in [6.45, 7) is 9.60. The first-order valence-electron chi connectivity index (χ1n) is 8.94. The van der Waals surface area contributed by atoms with Crippen LogP contribution in [0.3, 0.4) is 0 Å². The lowest BCUT2D eigenvalue weighted by molar-refractivity contribution is 0.110. The second-order valence-corrected chi connectivity index (χ2v) is 6.24. The van der Waals surface area contributed by atoms with Crippen molar-refractivity contribution in [1.82, 2.24) is 0 Å². The molecule has 0 spiro atoms. The average Bonchev–Trinajstić information content (AvgIpc) is 2.63. The standard InChI is InChI=1S/C21H29NO3/c1-4-23-13-14-24-21-8-6-5-7-20(21)22-15-18-9-11-19(12-10-18)25-16-17(2)3/h5-12,17,22H,4,13-16H2,1-3H3. The van der Waals surface area contributed by atoms with E-state index in [1.165, 1.54) is 5.56 Å². The molecule has 0 heterocycles. The number of ether oxygens (including phenoxy) is 3. The summed E-state index contributed by atoms with van der Waals surface area (Å²) in [4.78, 5) is 0. The van der Waals surface area contributed by atoms with Crippen molar-refractivity contribution >= 4 is 5.69 Å². The highest BCUT2D eigenvalue weighted by molar-refractivity contribution is 5.56. The number of nitrogens with one attached hydrogen (secondary N) is 1. The van der Waals surface area contributed by atoms with Gasteiger partial charge in [-0.2, -0.15) is 0 Å².